The summed E-state index contributed by atoms with van der Waals surface area (Å²) in [5.41, 5.74) is 2.01. The molecule has 0 saturated carbocycles. The molecule has 0 amide bonds. The van der Waals surface area contributed by atoms with Crippen LogP contribution in [0.1, 0.15) is 19.5 Å². The van der Waals surface area contributed by atoms with Crippen LogP contribution in [0.25, 0.3) is 5.65 Å². The minimum absolute atomic E-state index is 0.678. The molecule has 0 radical (unpaired) electrons. The largest absolute Gasteiger partial charge is 0.351 e. The van der Waals surface area contributed by atoms with Gasteiger partial charge in [0.1, 0.15) is 5.65 Å². The fourth-order valence-corrected chi connectivity index (χ4v) is 4.14. The van der Waals surface area contributed by atoms with E-state index >= 15 is 0 Å². The number of rotatable bonds is 3. The summed E-state index contributed by atoms with van der Waals surface area (Å²) in [5, 5.41) is 4.14. The van der Waals surface area contributed by atoms with Crippen LogP contribution >= 0.6 is 11.8 Å². The van der Waals surface area contributed by atoms with Gasteiger partial charge in [0.15, 0.2) is 5.96 Å². The molecule has 1 aliphatic heterocycles. The normalized spacial score (nSPS) is 19.6. The van der Waals surface area contributed by atoms with Gasteiger partial charge in [-0.15, -0.1) is 0 Å². The first-order chi connectivity index (χ1) is 11.2. The Morgan fingerprint density at radius 3 is 3.09 bits per heavy atom. The second kappa shape index (κ2) is 7.25. The molecule has 2 aromatic heterocycles. The third kappa shape index (κ3) is 3.80. The highest BCUT2D eigenvalue weighted by Crippen LogP contribution is 2.24. The first-order valence-corrected chi connectivity index (χ1v) is 9.22. The van der Waals surface area contributed by atoms with Crippen molar-refractivity contribution in [3.63, 3.8) is 0 Å². The van der Waals surface area contributed by atoms with Crippen molar-refractivity contribution < 1.29 is 0 Å². The molecule has 0 aliphatic carbocycles. The van der Waals surface area contributed by atoms with E-state index in [0.29, 0.717) is 17.7 Å². The van der Waals surface area contributed by atoms with Gasteiger partial charge < -0.3 is 14.6 Å². The Hall–Kier alpha value is -1.69. The van der Waals surface area contributed by atoms with E-state index in [2.05, 4.69) is 52.0 Å². The lowest BCUT2D eigenvalue weighted by atomic mass is 10.1. The van der Waals surface area contributed by atoms with Crippen LogP contribution in [0.5, 0.6) is 0 Å². The summed E-state index contributed by atoms with van der Waals surface area (Å²) >= 11 is 2.08. The molecule has 124 valence electrons. The molecule has 1 saturated heterocycles. The Bertz CT molecular complexity index is 645. The van der Waals surface area contributed by atoms with Gasteiger partial charge in [-0.3, -0.25) is 4.99 Å². The molecule has 1 fully saturated rings. The number of thioether (sulfide) groups is 1. The average molecular weight is 331 g/mol. The maximum atomic E-state index is 4.63. The Kier molecular flexibility index (Phi) is 5.10. The monoisotopic (exact) mass is 331 g/mol. The molecule has 0 bridgehead atoms. The fourth-order valence-electron chi connectivity index (χ4n) is 2.85. The van der Waals surface area contributed by atoms with Crippen LogP contribution < -0.4 is 5.32 Å². The lowest BCUT2D eigenvalue weighted by Gasteiger charge is -2.36. The number of hydrogen-bond donors (Lipinski definition) is 1. The first-order valence-electron chi connectivity index (χ1n) is 8.17. The van der Waals surface area contributed by atoms with Crippen molar-refractivity contribution in [2.75, 3.05) is 25.9 Å². The summed E-state index contributed by atoms with van der Waals surface area (Å²) in [4.78, 5) is 11.5. The number of fused-ring (bicyclic) bond motifs is 1. The molecular weight excluding hydrogens is 306 g/mol. The molecule has 2 aromatic rings. The molecule has 3 heterocycles. The molecule has 23 heavy (non-hydrogen) atoms. The van der Waals surface area contributed by atoms with Crippen molar-refractivity contribution in [3.8, 4) is 0 Å². The zero-order valence-electron chi connectivity index (χ0n) is 14.1. The number of imidazole rings is 1. The van der Waals surface area contributed by atoms with Crippen LogP contribution in [0.4, 0.5) is 0 Å². The molecule has 3 rings (SSSR count). The molecule has 1 unspecified atom stereocenters. The van der Waals surface area contributed by atoms with E-state index < -0.39 is 0 Å². The average Bonchev–Trinajstić information content (AvgIpc) is 2.98. The number of aliphatic imine (C=N–C) groups is 1. The van der Waals surface area contributed by atoms with Crippen LogP contribution in [0.15, 0.2) is 35.6 Å². The number of pyridine rings is 1. The van der Waals surface area contributed by atoms with Gasteiger partial charge >= 0.3 is 0 Å². The first kappa shape index (κ1) is 16.2. The van der Waals surface area contributed by atoms with Gasteiger partial charge in [-0.1, -0.05) is 19.9 Å². The minimum Gasteiger partial charge on any atom is -0.351 e. The minimum atomic E-state index is 0.678. The summed E-state index contributed by atoms with van der Waals surface area (Å²) < 4.78 is 2.05. The number of aromatic nitrogens is 2. The SMILES string of the molecule is CN=C(NCc1cn2ccccc2n1)N1CCSC(C(C)C)C1. The highest BCUT2D eigenvalue weighted by molar-refractivity contribution is 8.00. The fraction of sp³-hybridized carbons (Fsp3) is 0.529. The van der Waals surface area contributed by atoms with Crippen molar-refractivity contribution >= 4 is 23.4 Å². The molecule has 0 spiro atoms. The van der Waals surface area contributed by atoms with E-state index in [1.54, 1.807) is 0 Å². The van der Waals surface area contributed by atoms with Crippen molar-refractivity contribution in [2.45, 2.75) is 25.6 Å². The van der Waals surface area contributed by atoms with Gasteiger partial charge in [-0.25, -0.2) is 4.98 Å². The van der Waals surface area contributed by atoms with Crippen molar-refractivity contribution in [1.82, 2.24) is 19.6 Å². The lowest BCUT2D eigenvalue weighted by molar-refractivity contribution is 0.380. The third-order valence-electron chi connectivity index (χ3n) is 4.19. The zero-order chi connectivity index (χ0) is 16.2. The van der Waals surface area contributed by atoms with Crippen LogP contribution in [-0.4, -0.2) is 51.4 Å². The molecule has 6 heteroatoms. The lowest BCUT2D eigenvalue weighted by Crippen LogP contribution is -2.48. The van der Waals surface area contributed by atoms with E-state index in [1.165, 1.54) is 0 Å². The molecule has 5 nitrogen and oxygen atoms in total. The van der Waals surface area contributed by atoms with Gasteiger partial charge in [0.2, 0.25) is 0 Å². The third-order valence-corrected chi connectivity index (χ3v) is 5.73. The Morgan fingerprint density at radius 1 is 1.48 bits per heavy atom. The quantitative estimate of drug-likeness (QED) is 0.693. The van der Waals surface area contributed by atoms with Gasteiger partial charge in [0, 0.05) is 43.5 Å². The summed E-state index contributed by atoms with van der Waals surface area (Å²) in [6.07, 6.45) is 4.09. The maximum absolute atomic E-state index is 4.63. The molecular formula is C17H25N5S. The van der Waals surface area contributed by atoms with Crippen LogP contribution in [0.2, 0.25) is 0 Å². The van der Waals surface area contributed by atoms with E-state index in [4.69, 9.17) is 0 Å². The maximum Gasteiger partial charge on any atom is 0.194 e. The predicted molar refractivity (Wildman–Crippen MR) is 98.0 cm³/mol. The summed E-state index contributed by atoms with van der Waals surface area (Å²) in [6.45, 7) is 7.41. The predicted octanol–water partition coefficient (Wildman–Crippen LogP) is 2.48. The zero-order valence-corrected chi connectivity index (χ0v) is 14.9. The van der Waals surface area contributed by atoms with Gasteiger partial charge in [0.25, 0.3) is 0 Å². The number of nitrogens with one attached hydrogen (secondary N) is 1. The number of guanidine groups is 1. The molecule has 0 aromatic carbocycles. The van der Waals surface area contributed by atoms with Crippen molar-refractivity contribution in [2.24, 2.45) is 10.9 Å². The Labute approximate surface area is 142 Å². The van der Waals surface area contributed by atoms with Crippen molar-refractivity contribution in [3.05, 3.63) is 36.3 Å². The summed E-state index contributed by atoms with van der Waals surface area (Å²) in [5.74, 6) is 2.84. The molecule has 1 atom stereocenters. The topological polar surface area (TPSA) is 44.9 Å². The number of hydrogen-bond acceptors (Lipinski definition) is 3. The number of nitrogens with zero attached hydrogens (tertiary/aromatic N) is 4. The Morgan fingerprint density at radius 2 is 2.35 bits per heavy atom. The molecule has 1 N–H and O–H groups in total. The second-order valence-electron chi connectivity index (χ2n) is 6.20. The van der Waals surface area contributed by atoms with Gasteiger partial charge in [-0.05, 0) is 18.1 Å². The van der Waals surface area contributed by atoms with E-state index in [9.17, 15) is 0 Å². The highest BCUT2D eigenvalue weighted by atomic mass is 32.2. The van der Waals surface area contributed by atoms with Gasteiger partial charge in [0.05, 0.1) is 12.2 Å². The van der Waals surface area contributed by atoms with Crippen LogP contribution in [0.3, 0.4) is 0 Å². The van der Waals surface area contributed by atoms with Crippen LogP contribution in [-0.2, 0) is 6.54 Å². The molecule has 1 aliphatic rings. The van der Waals surface area contributed by atoms with E-state index in [0.717, 1.165) is 36.1 Å². The smallest absolute Gasteiger partial charge is 0.194 e. The second-order valence-corrected chi connectivity index (χ2v) is 7.55. The van der Waals surface area contributed by atoms with Crippen LogP contribution in [0, 0.1) is 5.92 Å². The highest BCUT2D eigenvalue weighted by Gasteiger charge is 2.24. The Balaban J connectivity index is 1.63. The summed E-state index contributed by atoms with van der Waals surface area (Å²) in [6, 6.07) is 6.05. The van der Waals surface area contributed by atoms with E-state index in [1.807, 2.05) is 35.8 Å². The summed E-state index contributed by atoms with van der Waals surface area (Å²) in [7, 11) is 1.86. The van der Waals surface area contributed by atoms with E-state index in [-0.39, 0.29) is 0 Å². The standard InChI is InChI=1S/C17H25N5S/c1-13(2)15-12-22(8-9-23-15)17(18-3)19-10-14-11-21-7-5-4-6-16(21)20-14/h4-7,11,13,15H,8-10,12H2,1-3H3,(H,18,19). The van der Waals surface area contributed by atoms with Crippen molar-refractivity contribution in [1.29, 1.82) is 0 Å². The van der Waals surface area contributed by atoms with Gasteiger partial charge in [-0.2, -0.15) is 11.8 Å².